The van der Waals surface area contributed by atoms with Crippen LogP contribution >= 0.6 is 0 Å². The van der Waals surface area contributed by atoms with E-state index in [1.807, 2.05) is 0 Å². The monoisotopic (exact) mass is 443 g/mol. The molecule has 0 spiro atoms. The van der Waals surface area contributed by atoms with Crippen molar-refractivity contribution in [3.8, 4) is 22.3 Å². The van der Waals surface area contributed by atoms with E-state index in [2.05, 4.69) is 110 Å². The third-order valence-electron chi connectivity index (χ3n) is 8.06. The van der Waals surface area contributed by atoms with Crippen molar-refractivity contribution in [3.05, 3.63) is 108 Å². The summed E-state index contributed by atoms with van der Waals surface area (Å²) in [4.78, 5) is 0. The minimum atomic E-state index is 0.0194. The van der Waals surface area contributed by atoms with E-state index in [4.69, 9.17) is 0 Å². The zero-order valence-corrected chi connectivity index (χ0v) is 20.3. The lowest BCUT2D eigenvalue weighted by molar-refractivity contribution is 0.443. The van der Waals surface area contributed by atoms with E-state index in [-0.39, 0.29) is 5.41 Å². The molecule has 1 fully saturated rings. The van der Waals surface area contributed by atoms with Gasteiger partial charge in [0.2, 0.25) is 0 Å². The quantitative estimate of drug-likeness (QED) is 0.331. The van der Waals surface area contributed by atoms with Crippen LogP contribution in [0.15, 0.2) is 91.0 Å². The van der Waals surface area contributed by atoms with Gasteiger partial charge in [-0.15, -0.1) is 0 Å². The molecule has 4 aromatic rings. The zero-order chi connectivity index (χ0) is 23.1. The van der Waals surface area contributed by atoms with Gasteiger partial charge < -0.3 is 5.32 Å². The van der Waals surface area contributed by atoms with Gasteiger partial charge in [-0.2, -0.15) is 0 Å². The van der Waals surface area contributed by atoms with Crippen molar-refractivity contribution in [2.24, 2.45) is 0 Å². The number of anilines is 2. The third kappa shape index (κ3) is 3.74. The lowest BCUT2D eigenvalue weighted by Crippen LogP contribution is -2.15. The van der Waals surface area contributed by atoms with Crippen molar-refractivity contribution in [2.75, 3.05) is 5.32 Å². The predicted molar refractivity (Wildman–Crippen MR) is 145 cm³/mol. The molecule has 0 heterocycles. The average Bonchev–Trinajstić information content (AvgIpc) is 3.11. The highest BCUT2D eigenvalue weighted by Gasteiger charge is 2.35. The van der Waals surface area contributed by atoms with Gasteiger partial charge in [0.05, 0.1) is 0 Å². The van der Waals surface area contributed by atoms with Gasteiger partial charge in [0, 0.05) is 16.8 Å². The highest BCUT2D eigenvalue weighted by Crippen LogP contribution is 2.49. The van der Waals surface area contributed by atoms with Crippen molar-refractivity contribution in [3.63, 3.8) is 0 Å². The molecule has 0 radical (unpaired) electrons. The first-order valence-electron chi connectivity index (χ1n) is 12.8. The lowest BCUT2D eigenvalue weighted by Gasteiger charge is -2.22. The summed E-state index contributed by atoms with van der Waals surface area (Å²) in [6.07, 6.45) is 6.87. The fourth-order valence-electron chi connectivity index (χ4n) is 6.11. The minimum Gasteiger partial charge on any atom is -0.356 e. The van der Waals surface area contributed by atoms with Gasteiger partial charge in [-0.05, 0) is 82.0 Å². The fourth-order valence-corrected chi connectivity index (χ4v) is 6.11. The second-order valence-electron chi connectivity index (χ2n) is 10.6. The van der Waals surface area contributed by atoms with Crippen molar-refractivity contribution >= 4 is 11.4 Å². The first-order chi connectivity index (χ1) is 16.6. The van der Waals surface area contributed by atoms with Crippen LogP contribution in [0.3, 0.4) is 0 Å². The molecule has 170 valence electrons. The van der Waals surface area contributed by atoms with Crippen LogP contribution in [-0.4, -0.2) is 0 Å². The van der Waals surface area contributed by atoms with Gasteiger partial charge in [-0.1, -0.05) is 99.8 Å². The molecule has 4 aromatic carbocycles. The molecule has 2 aliphatic rings. The van der Waals surface area contributed by atoms with Gasteiger partial charge in [0.15, 0.2) is 0 Å². The van der Waals surface area contributed by atoms with Crippen LogP contribution in [0.1, 0.15) is 68.6 Å². The third-order valence-corrected chi connectivity index (χ3v) is 8.06. The Labute approximate surface area is 203 Å². The van der Waals surface area contributed by atoms with Crippen LogP contribution < -0.4 is 5.32 Å². The summed E-state index contributed by atoms with van der Waals surface area (Å²) < 4.78 is 0. The SMILES string of the molecule is CC1(C)c2ccccc2-c2ccc(Nc3cccc(-c4ccc(C5CCCCC5)cc4)c3)cc21. The molecule has 1 saturated carbocycles. The molecule has 0 amide bonds. The number of nitrogens with one attached hydrogen (secondary N) is 1. The molecule has 0 saturated heterocycles. The van der Waals surface area contributed by atoms with Crippen LogP contribution in [0, 0.1) is 0 Å². The second-order valence-corrected chi connectivity index (χ2v) is 10.6. The standard InChI is InChI=1S/C33H33N/c1-33(2)31-14-7-6-13-29(31)30-20-19-28(22-32(30)33)34-27-12-8-11-26(21-27)25-17-15-24(16-18-25)23-9-4-3-5-10-23/h6-8,11-23,34H,3-5,9-10H2,1-2H3. The summed E-state index contributed by atoms with van der Waals surface area (Å²) in [5, 5.41) is 3.67. The number of fused-ring (bicyclic) bond motifs is 3. The largest absolute Gasteiger partial charge is 0.356 e. The number of rotatable bonds is 4. The van der Waals surface area contributed by atoms with E-state index in [9.17, 15) is 0 Å². The lowest BCUT2D eigenvalue weighted by atomic mass is 9.82. The molecule has 1 heteroatoms. The Bertz CT molecular complexity index is 1320. The van der Waals surface area contributed by atoms with E-state index in [1.54, 1.807) is 0 Å². The highest BCUT2D eigenvalue weighted by molar-refractivity contribution is 5.83. The van der Waals surface area contributed by atoms with E-state index in [1.165, 1.54) is 71.0 Å². The van der Waals surface area contributed by atoms with Crippen LogP contribution in [0.4, 0.5) is 11.4 Å². The van der Waals surface area contributed by atoms with Crippen molar-refractivity contribution in [1.29, 1.82) is 0 Å². The molecule has 6 rings (SSSR count). The molecule has 0 atom stereocenters. The molecular formula is C33H33N. The van der Waals surface area contributed by atoms with Crippen molar-refractivity contribution in [1.82, 2.24) is 0 Å². The fraction of sp³-hybridized carbons (Fsp3) is 0.273. The van der Waals surface area contributed by atoms with E-state index >= 15 is 0 Å². The van der Waals surface area contributed by atoms with Gasteiger partial charge >= 0.3 is 0 Å². The molecule has 34 heavy (non-hydrogen) atoms. The zero-order valence-electron chi connectivity index (χ0n) is 20.3. The summed E-state index contributed by atoms with van der Waals surface area (Å²) in [5.74, 6) is 0.756. The number of hydrogen-bond acceptors (Lipinski definition) is 1. The highest BCUT2D eigenvalue weighted by atomic mass is 14.9. The Morgan fingerprint density at radius 1 is 0.618 bits per heavy atom. The maximum atomic E-state index is 3.67. The summed E-state index contributed by atoms with van der Waals surface area (Å²) in [6, 6.07) is 33.7. The van der Waals surface area contributed by atoms with Crippen molar-refractivity contribution in [2.45, 2.75) is 57.3 Å². The maximum absolute atomic E-state index is 3.67. The number of benzene rings is 4. The first-order valence-corrected chi connectivity index (χ1v) is 12.8. The van der Waals surface area contributed by atoms with Crippen molar-refractivity contribution < 1.29 is 0 Å². The van der Waals surface area contributed by atoms with Gasteiger partial charge in [-0.25, -0.2) is 0 Å². The van der Waals surface area contributed by atoms with E-state index in [0.29, 0.717) is 0 Å². The molecular weight excluding hydrogens is 410 g/mol. The smallest absolute Gasteiger partial charge is 0.0390 e. The molecule has 0 unspecified atom stereocenters. The van der Waals surface area contributed by atoms with Crippen LogP contribution in [0.2, 0.25) is 0 Å². The Balaban J connectivity index is 1.24. The Kier molecular flexibility index (Phi) is 5.29. The maximum Gasteiger partial charge on any atom is 0.0390 e. The normalized spacial score (nSPS) is 16.6. The molecule has 0 aliphatic heterocycles. The Morgan fingerprint density at radius 2 is 1.35 bits per heavy atom. The number of hydrogen-bond donors (Lipinski definition) is 1. The molecule has 0 aromatic heterocycles. The summed E-state index contributed by atoms with van der Waals surface area (Å²) in [7, 11) is 0. The average molecular weight is 444 g/mol. The van der Waals surface area contributed by atoms with Gasteiger partial charge in [0.25, 0.3) is 0 Å². The Hall–Kier alpha value is -3.32. The summed E-state index contributed by atoms with van der Waals surface area (Å²) in [6.45, 7) is 4.66. The van der Waals surface area contributed by atoms with E-state index in [0.717, 1.165) is 17.3 Å². The van der Waals surface area contributed by atoms with E-state index < -0.39 is 0 Å². The Morgan fingerprint density at radius 3 is 2.18 bits per heavy atom. The van der Waals surface area contributed by atoms with Crippen LogP contribution in [-0.2, 0) is 5.41 Å². The van der Waals surface area contributed by atoms with Crippen LogP contribution in [0.25, 0.3) is 22.3 Å². The minimum absolute atomic E-state index is 0.0194. The summed E-state index contributed by atoms with van der Waals surface area (Å²) >= 11 is 0. The topological polar surface area (TPSA) is 12.0 Å². The predicted octanol–water partition coefficient (Wildman–Crippen LogP) is 9.45. The first kappa shape index (κ1) is 21.2. The molecule has 1 N–H and O–H groups in total. The summed E-state index contributed by atoms with van der Waals surface area (Å²) in [5.41, 5.74) is 11.9. The molecule has 1 nitrogen and oxygen atoms in total. The second kappa shape index (κ2) is 8.47. The molecule has 0 bridgehead atoms. The van der Waals surface area contributed by atoms with Gasteiger partial charge in [0.1, 0.15) is 0 Å². The van der Waals surface area contributed by atoms with Crippen LogP contribution in [0.5, 0.6) is 0 Å². The van der Waals surface area contributed by atoms with Gasteiger partial charge in [-0.3, -0.25) is 0 Å². The molecule has 2 aliphatic carbocycles.